The summed E-state index contributed by atoms with van der Waals surface area (Å²) >= 11 is 3.39. The van der Waals surface area contributed by atoms with Crippen LogP contribution in [0.1, 0.15) is 5.56 Å². The number of imide groups is 1. The molecule has 24 heavy (non-hydrogen) atoms. The molecule has 0 aromatic heterocycles. The number of halogens is 1. The van der Waals surface area contributed by atoms with Crippen LogP contribution in [0, 0.1) is 0 Å². The Labute approximate surface area is 148 Å². The van der Waals surface area contributed by atoms with Crippen molar-refractivity contribution in [3.05, 3.63) is 64.3 Å². The van der Waals surface area contributed by atoms with E-state index >= 15 is 0 Å². The summed E-state index contributed by atoms with van der Waals surface area (Å²) in [6.07, 6.45) is 0. The molecule has 6 heteroatoms. The zero-order chi connectivity index (χ0) is 17.3. The molecule has 0 saturated heterocycles. The summed E-state index contributed by atoms with van der Waals surface area (Å²) in [7, 11) is 3.05. The van der Waals surface area contributed by atoms with Gasteiger partial charge in [-0.05, 0) is 35.9 Å². The van der Waals surface area contributed by atoms with Gasteiger partial charge in [0.15, 0.2) is 0 Å². The number of carbonyl (C=O) groups excluding carboxylic acids is 2. The molecule has 2 amide bonds. The maximum absolute atomic E-state index is 12.5. The van der Waals surface area contributed by atoms with Crippen molar-refractivity contribution in [1.29, 1.82) is 0 Å². The Kier molecular flexibility index (Phi) is 4.40. The second-order valence-corrected chi connectivity index (χ2v) is 6.20. The van der Waals surface area contributed by atoms with Crippen LogP contribution in [-0.2, 0) is 9.59 Å². The minimum absolute atomic E-state index is 0.269. The molecular formula is C18H15BrN2O3. The van der Waals surface area contributed by atoms with Crippen molar-refractivity contribution in [2.45, 2.75) is 0 Å². The van der Waals surface area contributed by atoms with Gasteiger partial charge in [-0.2, -0.15) is 0 Å². The molecule has 0 bridgehead atoms. The van der Waals surface area contributed by atoms with E-state index in [1.165, 1.54) is 7.05 Å². The van der Waals surface area contributed by atoms with Gasteiger partial charge in [-0.3, -0.25) is 14.5 Å². The van der Waals surface area contributed by atoms with Crippen LogP contribution >= 0.6 is 15.9 Å². The topological polar surface area (TPSA) is 58.6 Å². The van der Waals surface area contributed by atoms with Crippen molar-refractivity contribution in [3.8, 4) is 5.75 Å². The van der Waals surface area contributed by atoms with Crippen LogP contribution in [0.3, 0.4) is 0 Å². The number of amides is 2. The summed E-state index contributed by atoms with van der Waals surface area (Å²) in [6.45, 7) is 0. The van der Waals surface area contributed by atoms with E-state index in [0.717, 1.165) is 15.1 Å². The molecule has 0 radical (unpaired) electrons. The minimum Gasteiger partial charge on any atom is -0.497 e. The Hall–Kier alpha value is -2.60. The number of nitrogens with zero attached hydrogens (tertiary/aromatic N) is 1. The van der Waals surface area contributed by atoms with Crippen molar-refractivity contribution < 1.29 is 14.3 Å². The van der Waals surface area contributed by atoms with Gasteiger partial charge in [-0.25, -0.2) is 0 Å². The lowest BCUT2D eigenvalue weighted by Gasteiger charge is -2.09. The molecule has 0 spiro atoms. The van der Waals surface area contributed by atoms with Gasteiger partial charge in [0.1, 0.15) is 11.4 Å². The van der Waals surface area contributed by atoms with Crippen LogP contribution < -0.4 is 10.1 Å². The van der Waals surface area contributed by atoms with Gasteiger partial charge in [0.2, 0.25) is 0 Å². The zero-order valence-electron chi connectivity index (χ0n) is 13.2. The highest BCUT2D eigenvalue weighted by Gasteiger charge is 2.36. The Bertz CT molecular complexity index is 844. The predicted molar refractivity (Wildman–Crippen MR) is 95.5 cm³/mol. The largest absolute Gasteiger partial charge is 0.497 e. The van der Waals surface area contributed by atoms with Gasteiger partial charge in [-0.1, -0.05) is 34.1 Å². The molecule has 5 nitrogen and oxygen atoms in total. The van der Waals surface area contributed by atoms with Crippen molar-refractivity contribution in [1.82, 2.24) is 4.90 Å². The quantitative estimate of drug-likeness (QED) is 0.819. The number of hydrogen-bond donors (Lipinski definition) is 1. The van der Waals surface area contributed by atoms with Gasteiger partial charge in [0.05, 0.1) is 12.7 Å². The molecule has 0 fully saturated rings. The van der Waals surface area contributed by atoms with Crippen LogP contribution in [-0.4, -0.2) is 30.9 Å². The lowest BCUT2D eigenvalue weighted by Crippen LogP contribution is -2.27. The van der Waals surface area contributed by atoms with Gasteiger partial charge in [0, 0.05) is 17.2 Å². The first-order valence-corrected chi connectivity index (χ1v) is 8.04. The predicted octanol–water partition coefficient (Wildman–Crippen LogP) is 3.28. The molecule has 0 saturated carbocycles. The fourth-order valence-electron chi connectivity index (χ4n) is 2.49. The molecule has 1 heterocycles. The third kappa shape index (κ3) is 2.92. The highest BCUT2D eigenvalue weighted by atomic mass is 79.9. The Balaban J connectivity index is 2.06. The molecule has 0 unspecified atom stereocenters. The number of nitrogens with one attached hydrogen (secondary N) is 1. The highest BCUT2D eigenvalue weighted by Crippen LogP contribution is 2.31. The Morgan fingerprint density at radius 2 is 1.75 bits per heavy atom. The van der Waals surface area contributed by atoms with E-state index in [2.05, 4.69) is 21.2 Å². The van der Waals surface area contributed by atoms with Crippen LogP contribution in [0.25, 0.3) is 5.57 Å². The lowest BCUT2D eigenvalue weighted by atomic mass is 10.0. The van der Waals surface area contributed by atoms with E-state index in [-0.39, 0.29) is 17.5 Å². The molecule has 2 aromatic carbocycles. The third-order valence-electron chi connectivity index (χ3n) is 3.76. The first-order chi connectivity index (χ1) is 11.5. The smallest absolute Gasteiger partial charge is 0.277 e. The molecule has 3 rings (SSSR count). The molecule has 1 N–H and O–H groups in total. The van der Waals surface area contributed by atoms with E-state index < -0.39 is 0 Å². The molecule has 1 aliphatic rings. The average Bonchev–Trinajstić information content (AvgIpc) is 2.79. The number of rotatable bonds is 4. The van der Waals surface area contributed by atoms with Gasteiger partial charge >= 0.3 is 0 Å². The average molecular weight is 387 g/mol. The van der Waals surface area contributed by atoms with Crippen LogP contribution in [0.2, 0.25) is 0 Å². The zero-order valence-corrected chi connectivity index (χ0v) is 14.8. The van der Waals surface area contributed by atoms with Crippen LogP contribution in [0.4, 0.5) is 5.69 Å². The van der Waals surface area contributed by atoms with Gasteiger partial charge in [-0.15, -0.1) is 0 Å². The number of ether oxygens (including phenoxy) is 1. The molecule has 1 aliphatic heterocycles. The van der Waals surface area contributed by atoms with E-state index in [0.29, 0.717) is 16.9 Å². The third-order valence-corrected chi connectivity index (χ3v) is 4.25. The maximum Gasteiger partial charge on any atom is 0.277 e. The summed E-state index contributed by atoms with van der Waals surface area (Å²) in [6, 6.07) is 14.5. The number of hydrogen-bond acceptors (Lipinski definition) is 4. The number of anilines is 1. The molecule has 0 aliphatic carbocycles. The standard InChI is InChI=1S/C18H15BrN2O3/c1-21-17(22)15(11-6-8-14(24-2)9-7-11)16(18(21)23)20-13-5-3-4-12(19)10-13/h3-10,20H,1-2H3. The van der Waals surface area contributed by atoms with Crippen molar-refractivity contribution in [2.24, 2.45) is 0 Å². The van der Waals surface area contributed by atoms with Crippen molar-refractivity contribution in [2.75, 3.05) is 19.5 Å². The normalized spacial score (nSPS) is 14.4. The Morgan fingerprint density at radius 3 is 2.38 bits per heavy atom. The summed E-state index contributed by atoms with van der Waals surface area (Å²) < 4.78 is 6.02. The molecular weight excluding hydrogens is 372 g/mol. The number of likely N-dealkylation sites (N-methyl/N-ethyl adjacent to an activating group) is 1. The number of benzene rings is 2. The lowest BCUT2D eigenvalue weighted by molar-refractivity contribution is -0.135. The highest BCUT2D eigenvalue weighted by molar-refractivity contribution is 9.10. The van der Waals surface area contributed by atoms with Gasteiger partial charge in [0.25, 0.3) is 11.8 Å². The monoisotopic (exact) mass is 386 g/mol. The first-order valence-electron chi connectivity index (χ1n) is 7.25. The molecule has 122 valence electrons. The Morgan fingerprint density at radius 1 is 1.04 bits per heavy atom. The summed E-state index contributed by atoms with van der Waals surface area (Å²) in [5.74, 6) is -0.000525. The van der Waals surface area contributed by atoms with E-state index in [1.807, 2.05) is 24.3 Å². The van der Waals surface area contributed by atoms with E-state index in [4.69, 9.17) is 4.74 Å². The van der Waals surface area contributed by atoms with Crippen molar-refractivity contribution in [3.63, 3.8) is 0 Å². The van der Waals surface area contributed by atoms with E-state index in [9.17, 15) is 9.59 Å². The minimum atomic E-state index is -0.356. The van der Waals surface area contributed by atoms with Crippen LogP contribution in [0.15, 0.2) is 58.7 Å². The number of methoxy groups -OCH3 is 1. The summed E-state index contributed by atoms with van der Waals surface area (Å²) in [5, 5.41) is 3.08. The molecule has 2 aromatic rings. The fraction of sp³-hybridized carbons (Fsp3) is 0.111. The first kappa shape index (κ1) is 16.3. The second-order valence-electron chi connectivity index (χ2n) is 5.28. The number of carbonyl (C=O) groups is 2. The van der Waals surface area contributed by atoms with Crippen molar-refractivity contribution >= 4 is 39.0 Å². The maximum atomic E-state index is 12.5. The second kappa shape index (κ2) is 6.49. The van der Waals surface area contributed by atoms with Crippen LogP contribution in [0.5, 0.6) is 5.75 Å². The SMILES string of the molecule is COc1ccc(C2=C(Nc3cccc(Br)c3)C(=O)N(C)C2=O)cc1. The van der Waals surface area contributed by atoms with E-state index in [1.54, 1.807) is 31.4 Å². The fourth-order valence-corrected chi connectivity index (χ4v) is 2.89. The summed E-state index contributed by atoms with van der Waals surface area (Å²) in [4.78, 5) is 26.1. The molecule has 0 atom stereocenters. The van der Waals surface area contributed by atoms with Gasteiger partial charge < -0.3 is 10.1 Å². The summed E-state index contributed by atoms with van der Waals surface area (Å²) in [5.41, 5.74) is 2.01.